The number of ether oxygens (including phenoxy) is 12. The molecule has 0 unspecified atom stereocenters. The molecule has 0 bridgehead atoms. The highest BCUT2D eigenvalue weighted by atomic mass is 16.6. The zero-order valence-corrected chi connectivity index (χ0v) is 34.2. The van der Waals surface area contributed by atoms with Crippen molar-refractivity contribution in [1.82, 2.24) is 10.6 Å². The van der Waals surface area contributed by atoms with Crippen molar-refractivity contribution in [2.75, 3.05) is 166 Å². The smallest absolute Gasteiger partial charge is 0.222 e. The summed E-state index contributed by atoms with van der Waals surface area (Å²) in [5.74, 6) is 0.220. The maximum Gasteiger partial charge on any atom is 0.222 e. The lowest BCUT2D eigenvalue weighted by Crippen LogP contribution is -2.42. The van der Waals surface area contributed by atoms with E-state index in [0.29, 0.717) is 165 Å². The minimum absolute atomic E-state index is 0.0100. The van der Waals surface area contributed by atoms with Gasteiger partial charge in [0.1, 0.15) is 0 Å². The van der Waals surface area contributed by atoms with Crippen LogP contribution in [-0.4, -0.2) is 189 Å². The van der Waals surface area contributed by atoms with E-state index in [0.717, 1.165) is 19.3 Å². The number of methoxy groups -OCH3 is 1. The number of carbonyl (C=O) groups is 2. The minimum atomic E-state index is -0.124. The average molecular weight is 785 g/mol. The second-order valence-corrected chi connectivity index (χ2v) is 12.8. The first-order valence-corrected chi connectivity index (χ1v) is 19.8. The van der Waals surface area contributed by atoms with Gasteiger partial charge >= 0.3 is 0 Å². The van der Waals surface area contributed by atoms with Crippen LogP contribution >= 0.6 is 0 Å². The van der Waals surface area contributed by atoms with Gasteiger partial charge in [0.05, 0.1) is 158 Å². The molecule has 0 aliphatic heterocycles. The van der Waals surface area contributed by atoms with E-state index >= 15 is 0 Å². The van der Waals surface area contributed by atoms with Crippen molar-refractivity contribution in [3.05, 3.63) is 0 Å². The Labute approximate surface area is 325 Å². The van der Waals surface area contributed by atoms with E-state index in [1.54, 1.807) is 7.11 Å². The van der Waals surface area contributed by atoms with Gasteiger partial charge in [-0.3, -0.25) is 9.59 Å². The molecule has 0 spiro atoms. The van der Waals surface area contributed by atoms with Crippen molar-refractivity contribution in [3.63, 3.8) is 0 Å². The van der Waals surface area contributed by atoms with Gasteiger partial charge in [-0.2, -0.15) is 0 Å². The Morgan fingerprint density at radius 2 is 0.759 bits per heavy atom. The lowest BCUT2D eigenvalue weighted by Gasteiger charge is -2.22. The predicted molar refractivity (Wildman–Crippen MR) is 204 cm³/mol. The van der Waals surface area contributed by atoms with E-state index in [1.165, 1.54) is 0 Å². The molecular weight excluding hydrogens is 708 g/mol. The fourth-order valence-corrected chi connectivity index (χ4v) is 4.51. The second kappa shape index (κ2) is 42.8. The van der Waals surface area contributed by atoms with E-state index in [9.17, 15) is 9.59 Å². The maximum absolute atomic E-state index is 12.4. The van der Waals surface area contributed by atoms with Crippen molar-refractivity contribution in [1.29, 1.82) is 0 Å². The van der Waals surface area contributed by atoms with Crippen LogP contribution in [0.15, 0.2) is 0 Å². The Bertz CT molecular complexity index is 797. The van der Waals surface area contributed by atoms with Crippen molar-refractivity contribution >= 4 is 11.7 Å². The second-order valence-electron chi connectivity index (χ2n) is 12.8. The van der Waals surface area contributed by atoms with Crippen molar-refractivity contribution in [2.24, 2.45) is 5.92 Å². The van der Waals surface area contributed by atoms with Gasteiger partial charge in [0, 0.05) is 32.0 Å². The molecule has 54 heavy (non-hydrogen) atoms. The maximum atomic E-state index is 12.4. The third kappa shape index (κ3) is 40.3. The number of hydrogen-bond donors (Lipinski definition) is 2. The van der Waals surface area contributed by atoms with Gasteiger partial charge < -0.3 is 67.5 Å². The summed E-state index contributed by atoms with van der Waals surface area (Å²) in [7, 11) is 1.64. The molecule has 1 atom stereocenters. The molecule has 0 radical (unpaired) electrons. The summed E-state index contributed by atoms with van der Waals surface area (Å²) in [6, 6.07) is 0.132. The molecule has 2 N–H and O–H groups in total. The van der Waals surface area contributed by atoms with Gasteiger partial charge in [0.25, 0.3) is 0 Å². The summed E-state index contributed by atoms with van der Waals surface area (Å²) in [6.07, 6.45) is 2.80. The van der Waals surface area contributed by atoms with E-state index in [4.69, 9.17) is 56.8 Å². The molecule has 0 aromatic rings. The summed E-state index contributed by atoms with van der Waals surface area (Å²) >= 11 is 0. The Morgan fingerprint density at radius 3 is 1.06 bits per heavy atom. The fourth-order valence-electron chi connectivity index (χ4n) is 4.51. The number of carbonyl (C=O) groups excluding carboxylic acids is 2. The highest BCUT2D eigenvalue weighted by Gasteiger charge is 2.21. The van der Waals surface area contributed by atoms with Crippen LogP contribution in [-0.2, 0) is 66.4 Å². The van der Waals surface area contributed by atoms with Crippen LogP contribution in [0.1, 0.15) is 53.4 Å². The molecule has 0 rings (SSSR count). The van der Waals surface area contributed by atoms with Gasteiger partial charge in [0.2, 0.25) is 5.91 Å². The van der Waals surface area contributed by atoms with Gasteiger partial charge in [-0.05, 0) is 19.3 Å². The minimum Gasteiger partial charge on any atom is -0.382 e. The first-order chi connectivity index (χ1) is 26.4. The average Bonchev–Trinajstić information content (AvgIpc) is 3.15. The van der Waals surface area contributed by atoms with Crippen LogP contribution in [0, 0.1) is 5.92 Å². The van der Waals surface area contributed by atoms with Gasteiger partial charge in [0.15, 0.2) is 5.78 Å². The zero-order valence-electron chi connectivity index (χ0n) is 34.2. The number of unbranched alkanes of at least 4 members (excludes halogenated alkanes) is 1. The van der Waals surface area contributed by atoms with E-state index < -0.39 is 0 Å². The van der Waals surface area contributed by atoms with Gasteiger partial charge in [-0.25, -0.2) is 0 Å². The topological polar surface area (TPSA) is 169 Å². The first-order valence-electron chi connectivity index (χ1n) is 19.8. The zero-order chi connectivity index (χ0) is 39.6. The normalized spacial score (nSPS) is 12.3. The highest BCUT2D eigenvalue weighted by molar-refractivity contribution is 5.85. The lowest BCUT2D eigenvalue weighted by molar-refractivity contribution is -0.124. The molecular formula is C38H76N2O14. The molecule has 0 fully saturated rings. The molecule has 16 heteroatoms. The van der Waals surface area contributed by atoms with Crippen molar-refractivity contribution in [2.45, 2.75) is 65.5 Å². The van der Waals surface area contributed by atoms with E-state index in [1.807, 2.05) is 27.7 Å². The van der Waals surface area contributed by atoms with E-state index in [-0.39, 0.29) is 29.7 Å². The largest absolute Gasteiger partial charge is 0.382 e. The number of Topliss-reactive ketones (excluding diaryl/α,β-unsaturated/α-hetero) is 1. The van der Waals surface area contributed by atoms with Crippen LogP contribution in [0.3, 0.4) is 0 Å². The third-order valence-corrected chi connectivity index (χ3v) is 7.31. The quantitative estimate of drug-likeness (QED) is 0.0861. The predicted octanol–water partition coefficient (Wildman–Crippen LogP) is 2.08. The number of ketones is 1. The summed E-state index contributed by atoms with van der Waals surface area (Å²) in [5, 5.41) is 6.28. The number of rotatable bonds is 45. The highest BCUT2D eigenvalue weighted by Crippen LogP contribution is 2.09. The lowest BCUT2D eigenvalue weighted by atomic mass is 9.96. The number of nitrogens with one attached hydrogen (secondary N) is 2. The van der Waals surface area contributed by atoms with Crippen LogP contribution in [0.4, 0.5) is 0 Å². The Morgan fingerprint density at radius 1 is 0.444 bits per heavy atom. The fraction of sp³-hybridized carbons (Fsp3) is 0.947. The van der Waals surface area contributed by atoms with Crippen molar-refractivity contribution in [3.8, 4) is 0 Å². The molecule has 0 saturated carbocycles. The summed E-state index contributed by atoms with van der Waals surface area (Å²) in [6.45, 7) is 19.9. The summed E-state index contributed by atoms with van der Waals surface area (Å²) < 4.78 is 64.9. The molecule has 0 aromatic heterocycles. The van der Waals surface area contributed by atoms with Crippen LogP contribution < -0.4 is 10.6 Å². The Hall–Kier alpha value is -1.38. The molecule has 322 valence electrons. The van der Waals surface area contributed by atoms with Gasteiger partial charge in [-0.1, -0.05) is 27.7 Å². The molecule has 0 aliphatic carbocycles. The Kier molecular flexibility index (Phi) is 41.7. The molecule has 0 heterocycles. The van der Waals surface area contributed by atoms with Gasteiger partial charge in [-0.15, -0.1) is 0 Å². The van der Waals surface area contributed by atoms with Crippen molar-refractivity contribution < 1.29 is 66.4 Å². The molecule has 0 saturated heterocycles. The first kappa shape index (κ1) is 52.6. The molecule has 1 amide bonds. The molecule has 16 nitrogen and oxygen atoms in total. The van der Waals surface area contributed by atoms with Crippen LogP contribution in [0.2, 0.25) is 0 Å². The van der Waals surface area contributed by atoms with Crippen LogP contribution in [0.5, 0.6) is 0 Å². The monoisotopic (exact) mass is 785 g/mol. The number of hydrogen-bond acceptors (Lipinski definition) is 15. The standard InChI is InChI=1S/C38H76N2O14/c1-34(2)38(42)36(40-35(3)4)8-6-7-10-39-37(41)9-11-44-14-15-46-18-19-48-22-23-50-26-27-52-30-31-54-33-32-53-29-28-51-25-24-49-21-20-47-17-16-45-13-12-43-5/h34-36,40H,6-33H2,1-5H3,(H,39,41)/t36-/m0/s1. The Balaban J connectivity index is 3.25. The molecule has 0 aliphatic rings. The molecule has 0 aromatic carbocycles. The van der Waals surface area contributed by atoms with Crippen LogP contribution in [0.25, 0.3) is 0 Å². The SMILES string of the molecule is COCCOCCOCCOCCOCCOCCOCCOCCOCCOCCOCCOCCC(=O)NCCCC[C@H](NC(C)C)C(=O)C(C)C. The number of amides is 1. The summed E-state index contributed by atoms with van der Waals surface area (Å²) in [5.41, 5.74) is 0. The van der Waals surface area contributed by atoms with E-state index in [2.05, 4.69) is 10.6 Å². The summed E-state index contributed by atoms with van der Waals surface area (Å²) in [4.78, 5) is 24.4. The third-order valence-electron chi connectivity index (χ3n) is 7.31.